The second-order valence-corrected chi connectivity index (χ2v) is 6.70. The molecule has 2 aromatic heterocycles. The fourth-order valence-electron chi connectivity index (χ4n) is 2.89. The molecule has 0 aliphatic carbocycles. The zero-order chi connectivity index (χ0) is 22.2. The van der Waals surface area contributed by atoms with Crippen molar-refractivity contribution in [3.05, 3.63) is 88.6 Å². The average Bonchev–Trinajstić information content (AvgIpc) is 3.29. The van der Waals surface area contributed by atoms with Crippen molar-refractivity contribution in [1.82, 2.24) is 15.6 Å². The maximum absolute atomic E-state index is 12.5. The van der Waals surface area contributed by atoms with Gasteiger partial charge in [0.25, 0.3) is 11.8 Å². The highest BCUT2D eigenvalue weighted by atomic mass is 16.5. The summed E-state index contributed by atoms with van der Waals surface area (Å²) in [6.45, 7) is 4.15. The number of nitrogens with one attached hydrogen (secondary N) is 2. The van der Waals surface area contributed by atoms with Crippen molar-refractivity contribution in [2.45, 2.75) is 26.9 Å². The molecule has 160 valence electrons. The largest absolute Gasteiger partial charge is 0.467 e. The highest BCUT2D eigenvalue weighted by molar-refractivity contribution is 5.95. The minimum atomic E-state index is -0.471. The topological polar surface area (TPSA) is 111 Å². The van der Waals surface area contributed by atoms with E-state index in [-0.39, 0.29) is 30.7 Å². The van der Waals surface area contributed by atoms with E-state index in [1.165, 1.54) is 12.1 Å². The molecule has 0 aliphatic rings. The molecule has 31 heavy (non-hydrogen) atoms. The Hall–Kier alpha value is -3.94. The van der Waals surface area contributed by atoms with Gasteiger partial charge in [0.1, 0.15) is 11.5 Å². The van der Waals surface area contributed by atoms with E-state index in [1.807, 2.05) is 6.07 Å². The summed E-state index contributed by atoms with van der Waals surface area (Å²) in [5.74, 6) is -0.433. The quantitative estimate of drug-likeness (QED) is 0.541. The van der Waals surface area contributed by atoms with Gasteiger partial charge in [0, 0.05) is 12.1 Å². The molecule has 0 radical (unpaired) electrons. The van der Waals surface area contributed by atoms with E-state index < -0.39 is 5.97 Å². The molecule has 2 amide bonds. The van der Waals surface area contributed by atoms with Crippen LogP contribution in [0.2, 0.25) is 0 Å². The zero-order valence-corrected chi connectivity index (χ0v) is 17.3. The number of esters is 1. The van der Waals surface area contributed by atoms with Crippen molar-refractivity contribution in [3.63, 3.8) is 0 Å². The van der Waals surface area contributed by atoms with Crippen molar-refractivity contribution in [1.29, 1.82) is 0 Å². The Bertz CT molecular complexity index is 1080. The Balaban J connectivity index is 1.59. The standard InChI is InChI=1S/C23H23N3O5/c1-3-30-23(29)19-9-10-20(26-15(19)2)22(28)24-13-16-6-4-7-17(12-16)21(27)25-14-18-8-5-11-31-18/h4-12H,3,13-14H2,1-2H3,(H,24,28)(H,25,27). The van der Waals surface area contributed by atoms with Gasteiger partial charge in [-0.3, -0.25) is 9.59 Å². The number of ether oxygens (including phenoxy) is 1. The number of carbonyl (C=O) groups is 3. The molecule has 1 aromatic carbocycles. The molecule has 0 bridgehead atoms. The number of hydrogen-bond donors (Lipinski definition) is 2. The van der Waals surface area contributed by atoms with Crippen LogP contribution < -0.4 is 10.6 Å². The lowest BCUT2D eigenvalue weighted by Crippen LogP contribution is -2.25. The monoisotopic (exact) mass is 421 g/mol. The lowest BCUT2D eigenvalue weighted by atomic mass is 10.1. The van der Waals surface area contributed by atoms with Crippen LogP contribution in [0.3, 0.4) is 0 Å². The van der Waals surface area contributed by atoms with Crippen LogP contribution in [0, 0.1) is 6.92 Å². The number of furan rings is 1. The van der Waals surface area contributed by atoms with Crippen molar-refractivity contribution < 1.29 is 23.5 Å². The summed E-state index contributed by atoms with van der Waals surface area (Å²) in [5, 5.41) is 5.55. The van der Waals surface area contributed by atoms with Gasteiger partial charge in [-0.15, -0.1) is 0 Å². The number of amides is 2. The second-order valence-electron chi connectivity index (χ2n) is 6.70. The van der Waals surface area contributed by atoms with Crippen LogP contribution in [-0.4, -0.2) is 29.4 Å². The van der Waals surface area contributed by atoms with Gasteiger partial charge in [-0.1, -0.05) is 12.1 Å². The number of rotatable bonds is 8. The molecular weight excluding hydrogens is 398 g/mol. The van der Waals surface area contributed by atoms with Crippen LogP contribution in [-0.2, 0) is 17.8 Å². The highest BCUT2D eigenvalue weighted by Crippen LogP contribution is 2.10. The van der Waals surface area contributed by atoms with E-state index in [0.717, 1.165) is 5.56 Å². The predicted molar refractivity (Wildman–Crippen MR) is 112 cm³/mol. The van der Waals surface area contributed by atoms with Crippen molar-refractivity contribution in [2.75, 3.05) is 6.61 Å². The third-order valence-corrected chi connectivity index (χ3v) is 4.46. The molecule has 0 aliphatic heterocycles. The first-order valence-corrected chi connectivity index (χ1v) is 9.80. The van der Waals surface area contributed by atoms with E-state index in [4.69, 9.17) is 9.15 Å². The summed E-state index contributed by atoms with van der Waals surface area (Å²) < 4.78 is 10.2. The van der Waals surface area contributed by atoms with Gasteiger partial charge in [0.2, 0.25) is 0 Å². The Morgan fingerprint density at radius 3 is 2.52 bits per heavy atom. The van der Waals surface area contributed by atoms with Crippen LogP contribution in [0.1, 0.15) is 55.1 Å². The van der Waals surface area contributed by atoms with Gasteiger partial charge >= 0.3 is 5.97 Å². The maximum Gasteiger partial charge on any atom is 0.339 e. The summed E-state index contributed by atoms with van der Waals surface area (Å²) in [7, 11) is 0. The van der Waals surface area contributed by atoms with Crippen LogP contribution in [0.25, 0.3) is 0 Å². The van der Waals surface area contributed by atoms with Gasteiger partial charge in [-0.25, -0.2) is 9.78 Å². The summed E-state index contributed by atoms with van der Waals surface area (Å²) >= 11 is 0. The fourth-order valence-corrected chi connectivity index (χ4v) is 2.89. The number of aryl methyl sites for hydroxylation is 1. The minimum Gasteiger partial charge on any atom is -0.467 e. The number of hydrogen-bond acceptors (Lipinski definition) is 6. The van der Waals surface area contributed by atoms with Gasteiger partial charge in [0.05, 0.1) is 30.7 Å². The Labute approximate surface area is 179 Å². The van der Waals surface area contributed by atoms with Crippen molar-refractivity contribution >= 4 is 17.8 Å². The van der Waals surface area contributed by atoms with Crippen LogP contribution in [0.4, 0.5) is 0 Å². The first-order chi connectivity index (χ1) is 15.0. The molecule has 0 unspecified atom stereocenters. The molecule has 0 atom stereocenters. The molecule has 0 spiro atoms. The molecular formula is C23H23N3O5. The SMILES string of the molecule is CCOC(=O)c1ccc(C(=O)NCc2cccc(C(=O)NCc3ccco3)c2)nc1C. The molecule has 0 saturated carbocycles. The third kappa shape index (κ3) is 5.79. The third-order valence-electron chi connectivity index (χ3n) is 4.46. The van der Waals surface area contributed by atoms with E-state index in [2.05, 4.69) is 15.6 Å². The van der Waals surface area contributed by atoms with Crippen molar-refractivity contribution in [3.8, 4) is 0 Å². The van der Waals surface area contributed by atoms with Crippen LogP contribution in [0.15, 0.2) is 59.2 Å². The summed E-state index contributed by atoms with van der Waals surface area (Å²) in [4.78, 5) is 40.8. The number of carbonyl (C=O) groups excluding carboxylic acids is 3. The molecule has 3 rings (SSSR count). The Morgan fingerprint density at radius 1 is 1.00 bits per heavy atom. The van der Waals surface area contributed by atoms with Gasteiger partial charge in [0.15, 0.2) is 0 Å². The number of pyridine rings is 1. The molecule has 2 N–H and O–H groups in total. The molecule has 2 heterocycles. The van der Waals surface area contributed by atoms with E-state index in [1.54, 1.807) is 50.4 Å². The Morgan fingerprint density at radius 2 is 1.81 bits per heavy atom. The lowest BCUT2D eigenvalue weighted by molar-refractivity contribution is 0.0524. The Kier molecular flexibility index (Phi) is 7.16. The molecule has 3 aromatic rings. The normalized spacial score (nSPS) is 10.4. The minimum absolute atomic E-state index is 0.192. The number of benzene rings is 1. The van der Waals surface area contributed by atoms with E-state index in [9.17, 15) is 14.4 Å². The fraction of sp³-hybridized carbons (Fsp3) is 0.217. The van der Waals surface area contributed by atoms with Gasteiger partial charge in [-0.05, 0) is 55.8 Å². The molecule has 8 heteroatoms. The van der Waals surface area contributed by atoms with Crippen molar-refractivity contribution in [2.24, 2.45) is 0 Å². The van der Waals surface area contributed by atoms with Gasteiger partial charge < -0.3 is 19.8 Å². The predicted octanol–water partition coefficient (Wildman–Crippen LogP) is 3.02. The highest BCUT2D eigenvalue weighted by Gasteiger charge is 2.15. The number of aromatic nitrogens is 1. The number of nitrogens with zero attached hydrogens (tertiary/aromatic N) is 1. The smallest absolute Gasteiger partial charge is 0.339 e. The summed E-state index contributed by atoms with van der Waals surface area (Å²) in [6.07, 6.45) is 1.55. The van der Waals surface area contributed by atoms with Crippen LogP contribution >= 0.6 is 0 Å². The summed E-state index contributed by atoms with van der Waals surface area (Å²) in [6, 6.07) is 13.5. The molecule has 0 saturated heterocycles. The first-order valence-electron chi connectivity index (χ1n) is 9.80. The van der Waals surface area contributed by atoms with E-state index >= 15 is 0 Å². The maximum atomic E-state index is 12.5. The zero-order valence-electron chi connectivity index (χ0n) is 17.3. The lowest BCUT2D eigenvalue weighted by Gasteiger charge is -2.09. The molecule has 8 nitrogen and oxygen atoms in total. The second kappa shape index (κ2) is 10.2. The van der Waals surface area contributed by atoms with Crippen LogP contribution in [0.5, 0.6) is 0 Å². The van der Waals surface area contributed by atoms with Gasteiger partial charge in [-0.2, -0.15) is 0 Å². The first kappa shape index (κ1) is 21.8. The average molecular weight is 421 g/mol. The summed E-state index contributed by atoms with van der Waals surface area (Å²) in [5.41, 5.74) is 2.18. The van der Waals surface area contributed by atoms with E-state index in [0.29, 0.717) is 29.1 Å². The molecule has 0 fully saturated rings.